The molecule has 64 heavy (non-hydrogen) atoms. The number of likely N-dealkylation sites (N-methyl/N-ethyl adjacent to an activating group) is 2. The van der Waals surface area contributed by atoms with Crippen molar-refractivity contribution in [2.75, 3.05) is 55.1 Å². The van der Waals surface area contributed by atoms with Crippen LogP contribution in [0.1, 0.15) is 101 Å². The SMILES string of the molecule is CCSC1CC(=O)N(CCN(C)c2ccc3c(c2)C(C)(C)C(/C=C/C=C/C=C2/N(C)c4ccc(NC(=O)Cc5nnc(C)c6c5CCCC(OC(C)=O)CC6)cc4C2(C)C)=[N+]3C)C1=O. The number of fused-ring (bicyclic) bond motifs is 3. The Morgan fingerprint density at radius 1 is 1.00 bits per heavy atom. The van der Waals surface area contributed by atoms with Gasteiger partial charge in [-0.15, -0.1) is 11.8 Å². The largest absolute Gasteiger partial charge is 0.463 e. The van der Waals surface area contributed by atoms with E-state index in [2.05, 4.69) is 132 Å². The minimum Gasteiger partial charge on any atom is -0.463 e. The van der Waals surface area contributed by atoms with Gasteiger partial charge < -0.3 is 19.9 Å². The van der Waals surface area contributed by atoms with Gasteiger partial charge in [0, 0.05) is 86.4 Å². The summed E-state index contributed by atoms with van der Waals surface area (Å²) in [5.74, 6) is 0.294. The molecule has 1 saturated heterocycles. The predicted octanol–water partition coefficient (Wildman–Crippen LogP) is 7.91. The van der Waals surface area contributed by atoms with Crippen LogP contribution in [0.2, 0.25) is 0 Å². The summed E-state index contributed by atoms with van der Waals surface area (Å²) in [7, 11) is 6.21. The summed E-state index contributed by atoms with van der Waals surface area (Å²) in [6, 6.07) is 12.6. The predicted molar refractivity (Wildman–Crippen MR) is 257 cm³/mol. The maximum Gasteiger partial charge on any atom is 0.302 e. The highest BCUT2D eigenvalue weighted by atomic mass is 32.2. The monoisotopic (exact) mass is 886 g/mol. The molecule has 0 spiro atoms. The Balaban J connectivity index is 0.980. The molecule has 1 N–H and O–H groups in total. The Hall–Kier alpha value is -5.56. The normalized spacial score (nSPS) is 20.8. The maximum absolute atomic E-state index is 13.5. The lowest BCUT2D eigenvalue weighted by Crippen LogP contribution is -2.38. The number of rotatable bonds is 13. The lowest BCUT2D eigenvalue weighted by atomic mass is 9.81. The molecule has 1 aliphatic carbocycles. The summed E-state index contributed by atoms with van der Waals surface area (Å²) in [4.78, 5) is 56.3. The van der Waals surface area contributed by atoms with Gasteiger partial charge in [-0.05, 0) is 112 Å². The summed E-state index contributed by atoms with van der Waals surface area (Å²) < 4.78 is 7.78. The number of aryl methyl sites for hydroxylation is 1. The fourth-order valence-corrected chi connectivity index (χ4v) is 10.9. The number of allylic oxidation sites excluding steroid dienone is 6. The number of hydrogen-bond donors (Lipinski definition) is 1. The van der Waals surface area contributed by atoms with E-state index < -0.39 is 0 Å². The first-order valence-electron chi connectivity index (χ1n) is 22.6. The van der Waals surface area contributed by atoms with Crippen LogP contribution in [-0.4, -0.2) is 100 Å². The zero-order valence-electron chi connectivity index (χ0n) is 39.2. The molecule has 0 saturated carbocycles. The van der Waals surface area contributed by atoms with Crippen molar-refractivity contribution >= 4 is 63.9 Å². The average Bonchev–Trinajstić information content (AvgIpc) is 3.69. The Morgan fingerprint density at radius 3 is 2.53 bits per heavy atom. The molecule has 1 fully saturated rings. The zero-order valence-corrected chi connectivity index (χ0v) is 40.0. The van der Waals surface area contributed by atoms with E-state index in [-0.39, 0.29) is 52.3 Å². The Morgan fingerprint density at radius 2 is 1.78 bits per heavy atom. The number of carbonyl (C=O) groups is 4. The van der Waals surface area contributed by atoms with Gasteiger partial charge in [-0.2, -0.15) is 14.8 Å². The van der Waals surface area contributed by atoms with Crippen LogP contribution in [0, 0.1) is 6.92 Å². The molecule has 2 aromatic carbocycles. The molecule has 0 bridgehead atoms. The smallest absolute Gasteiger partial charge is 0.302 e. The highest BCUT2D eigenvalue weighted by Crippen LogP contribution is 2.48. The van der Waals surface area contributed by atoms with Crippen molar-refractivity contribution in [2.45, 2.75) is 116 Å². The van der Waals surface area contributed by atoms with Crippen LogP contribution in [0.5, 0.6) is 0 Å². The van der Waals surface area contributed by atoms with Gasteiger partial charge in [-0.1, -0.05) is 39.0 Å². The van der Waals surface area contributed by atoms with Crippen LogP contribution >= 0.6 is 11.8 Å². The number of ether oxygens (including phenoxy) is 1. The number of amides is 3. The zero-order chi connectivity index (χ0) is 46.1. The summed E-state index contributed by atoms with van der Waals surface area (Å²) in [5.41, 5.74) is 12.0. The first-order chi connectivity index (χ1) is 30.4. The van der Waals surface area contributed by atoms with Crippen LogP contribution in [0.3, 0.4) is 0 Å². The van der Waals surface area contributed by atoms with Crippen LogP contribution in [0.15, 0.2) is 72.5 Å². The number of nitrogens with one attached hydrogen (secondary N) is 1. The number of benzene rings is 2. The van der Waals surface area contributed by atoms with Gasteiger partial charge in [0.05, 0.1) is 28.5 Å². The summed E-state index contributed by atoms with van der Waals surface area (Å²) >= 11 is 1.55. The summed E-state index contributed by atoms with van der Waals surface area (Å²) in [6.45, 7) is 15.3. The molecule has 338 valence electrons. The fraction of sp³-hybridized carbons (Fsp3) is 0.471. The third-order valence-corrected chi connectivity index (χ3v) is 14.6. The summed E-state index contributed by atoms with van der Waals surface area (Å²) in [5, 5.41) is 11.8. The molecule has 0 radical (unpaired) electrons. The third kappa shape index (κ3) is 9.32. The number of hydrogen-bond acceptors (Lipinski definition) is 10. The first kappa shape index (κ1) is 46.4. The minimum atomic E-state index is -0.313. The van der Waals surface area contributed by atoms with Gasteiger partial charge in [0.15, 0.2) is 5.71 Å². The highest BCUT2D eigenvalue weighted by molar-refractivity contribution is 8.00. The molecule has 4 aliphatic rings. The lowest BCUT2D eigenvalue weighted by molar-refractivity contribution is -0.401. The van der Waals surface area contributed by atoms with Gasteiger partial charge in [0.2, 0.25) is 23.4 Å². The van der Waals surface area contributed by atoms with E-state index in [1.54, 1.807) is 11.8 Å². The molecular formula is C51H64N7O5S+. The van der Waals surface area contributed by atoms with Crippen LogP contribution < -0.4 is 15.1 Å². The van der Waals surface area contributed by atoms with E-state index in [4.69, 9.17) is 4.74 Å². The molecular weight excluding hydrogens is 823 g/mol. The second-order valence-electron chi connectivity index (χ2n) is 18.5. The highest BCUT2D eigenvalue weighted by Gasteiger charge is 2.44. The molecule has 13 heteroatoms. The number of carbonyl (C=O) groups excluding carboxylic acids is 4. The van der Waals surface area contributed by atoms with Gasteiger partial charge in [-0.3, -0.25) is 24.1 Å². The second-order valence-corrected chi connectivity index (χ2v) is 20.0. The molecule has 2 unspecified atom stereocenters. The van der Waals surface area contributed by atoms with Crippen molar-refractivity contribution in [3.63, 3.8) is 0 Å². The van der Waals surface area contributed by atoms with Crippen molar-refractivity contribution in [1.82, 2.24) is 15.1 Å². The summed E-state index contributed by atoms with van der Waals surface area (Å²) in [6.07, 6.45) is 14.8. The van der Waals surface area contributed by atoms with Gasteiger partial charge in [0.1, 0.15) is 13.2 Å². The van der Waals surface area contributed by atoms with E-state index in [9.17, 15) is 19.2 Å². The molecule has 4 heterocycles. The molecule has 3 amide bonds. The fourth-order valence-electron chi connectivity index (χ4n) is 10.0. The van der Waals surface area contributed by atoms with E-state index in [0.717, 1.165) is 88.7 Å². The number of anilines is 3. The Bertz CT molecular complexity index is 2490. The molecule has 2 atom stereocenters. The van der Waals surface area contributed by atoms with Crippen molar-refractivity contribution in [3.8, 4) is 0 Å². The van der Waals surface area contributed by atoms with E-state index in [1.165, 1.54) is 23.1 Å². The standard InChI is InChI=1S/C51H63N7O5S/c1-11-64-44-31-48(61)58(49(44)62)27-26-55(8)35-21-25-43-40(29-35)51(6,7)46(57(43)10)19-14-12-13-18-45-50(4,5)39-28-34(20-24-42(39)56(45)9)52-47(60)30-41-38-17-15-16-36(63-33(3)59)22-23-37(38)32(2)53-54-41/h12-14,18-21,24-25,28-29,36,44H,11,15-17,22-23,26-27,30-31H2,1-10H3/p+1. The van der Waals surface area contributed by atoms with Crippen molar-refractivity contribution in [3.05, 3.63) is 106 Å². The average molecular weight is 887 g/mol. The second kappa shape index (κ2) is 18.9. The molecule has 3 aliphatic heterocycles. The minimum absolute atomic E-state index is 0.0609. The van der Waals surface area contributed by atoms with Crippen LogP contribution in [0.4, 0.5) is 22.7 Å². The maximum atomic E-state index is 13.5. The van der Waals surface area contributed by atoms with E-state index in [1.807, 2.05) is 27.0 Å². The number of imide groups is 1. The van der Waals surface area contributed by atoms with Crippen LogP contribution in [-0.2, 0) is 54.0 Å². The topological polar surface area (TPSA) is 128 Å². The van der Waals surface area contributed by atoms with E-state index >= 15 is 0 Å². The van der Waals surface area contributed by atoms with Gasteiger partial charge in [0.25, 0.3) is 0 Å². The first-order valence-corrected chi connectivity index (χ1v) is 23.6. The number of nitrogens with zero attached hydrogens (tertiary/aromatic N) is 6. The number of esters is 1. The Labute approximate surface area is 382 Å². The van der Waals surface area contributed by atoms with Crippen molar-refractivity contribution in [1.29, 1.82) is 0 Å². The third-order valence-electron chi connectivity index (χ3n) is 13.5. The lowest BCUT2D eigenvalue weighted by Gasteiger charge is -2.24. The van der Waals surface area contributed by atoms with Crippen molar-refractivity contribution in [2.24, 2.45) is 0 Å². The van der Waals surface area contributed by atoms with E-state index in [0.29, 0.717) is 25.2 Å². The quantitative estimate of drug-likeness (QED) is 0.0783. The number of thioether (sulfide) groups is 1. The Kier molecular flexibility index (Phi) is 13.7. The number of likely N-dealkylation sites (tertiary alicyclic amines) is 1. The molecule has 7 rings (SSSR count). The molecule has 1 aromatic heterocycles. The number of aromatic nitrogens is 2. The molecule has 12 nitrogen and oxygen atoms in total. The van der Waals surface area contributed by atoms with Gasteiger partial charge in [-0.25, -0.2) is 0 Å². The van der Waals surface area contributed by atoms with Gasteiger partial charge >= 0.3 is 5.97 Å². The van der Waals surface area contributed by atoms with Crippen molar-refractivity contribution < 1.29 is 28.5 Å². The van der Waals surface area contributed by atoms with Crippen LogP contribution in [0.25, 0.3) is 0 Å². The molecule has 3 aromatic rings.